The smallest absolute Gasteiger partial charge is 0.102 e. The van der Waals surface area contributed by atoms with Gasteiger partial charge in [-0.2, -0.15) is 5.26 Å². The first-order chi connectivity index (χ1) is 8.03. The van der Waals surface area contributed by atoms with Crippen molar-refractivity contribution in [1.82, 2.24) is 4.90 Å². The van der Waals surface area contributed by atoms with Crippen LogP contribution in [0.1, 0.15) is 18.9 Å². The van der Waals surface area contributed by atoms with Gasteiger partial charge in [0.05, 0.1) is 6.07 Å². The molecule has 0 radical (unpaired) electrons. The molecule has 3 heteroatoms. The third-order valence-electron chi connectivity index (χ3n) is 2.89. The molecular formula is C14H21N3. The van der Waals surface area contributed by atoms with Crippen molar-refractivity contribution in [2.45, 2.75) is 25.3 Å². The molecule has 0 saturated heterocycles. The first-order valence-corrected chi connectivity index (χ1v) is 5.96. The lowest BCUT2D eigenvalue weighted by molar-refractivity contribution is 0.310. The molecule has 17 heavy (non-hydrogen) atoms. The molecule has 0 spiro atoms. The number of nitrogens with two attached hydrogens (primary N) is 1. The number of hydrogen-bond acceptors (Lipinski definition) is 3. The number of nitrogens with zero attached hydrogens (tertiary/aromatic N) is 2. The molecule has 0 fully saturated rings. The van der Waals surface area contributed by atoms with Gasteiger partial charge in [-0.3, -0.25) is 0 Å². The van der Waals surface area contributed by atoms with E-state index in [4.69, 9.17) is 11.0 Å². The summed E-state index contributed by atoms with van der Waals surface area (Å²) in [6, 6.07) is 12.5. The molecule has 1 aromatic rings. The standard InChI is InChI=1S/C14H21N3/c1-14(16,12-15)9-11-17(2)10-8-13-6-4-3-5-7-13/h3-7H,8-11,16H2,1-2H3. The zero-order chi connectivity index (χ0) is 12.7. The molecule has 92 valence electrons. The number of hydrogen-bond donors (Lipinski definition) is 1. The van der Waals surface area contributed by atoms with Crippen molar-refractivity contribution in [2.75, 3.05) is 20.1 Å². The summed E-state index contributed by atoms with van der Waals surface area (Å²) < 4.78 is 0. The lowest BCUT2D eigenvalue weighted by atomic mass is 10.0. The van der Waals surface area contributed by atoms with Crippen LogP contribution in [0.15, 0.2) is 30.3 Å². The topological polar surface area (TPSA) is 53.0 Å². The van der Waals surface area contributed by atoms with Crippen molar-refractivity contribution < 1.29 is 0 Å². The quantitative estimate of drug-likeness (QED) is 0.812. The Bertz CT molecular complexity index is 365. The van der Waals surface area contributed by atoms with Crippen molar-refractivity contribution in [3.63, 3.8) is 0 Å². The van der Waals surface area contributed by atoms with E-state index in [0.29, 0.717) is 6.42 Å². The molecule has 1 rings (SSSR count). The second-order valence-electron chi connectivity index (χ2n) is 4.82. The van der Waals surface area contributed by atoms with E-state index in [1.807, 2.05) is 6.07 Å². The number of nitriles is 1. The van der Waals surface area contributed by atoms with Gasteiger partial charge in [0.1, 0.15) is 5.54 Å². The van der Waals surface area contributed by atoms with Crippen molar-refractivity contribution >= 4 is 0 Å². The van der Waals surface area contributed by atoms with Crippen LogP contribution < -0.4 is 5.73 Å². The lowest BCUT2D eigenvalue weighted by Crippen LogP contribution is -2.38. The maximum absolute atomic E-state index is 8.82. The van der Waals surface area contributed by atoms with Gasteiger partial charge in [-0.1, -0.05) is 30.3 Å². The predicted molar refractivity (Wildman–Crippen MR) is 70.5 cm³/mol. The van der Waals surface area contributed by atoms with Crippen molar-refractivity contribution in [3.05, 3.63) is 35.9 Å². The molecule has 0 bridgehead atoms. The van der Waals surface area contributed by atoms with Gasteiger partial charge in [0.25, 0.3) is 0 Å². The van der Waals surface area contributed by atoms with Gasteiger partial charge >= 0.3 is 0 Å². The maximum Gasteiger partial charge on any atom is 0.102 e. The minimum absolute atomic E-state index is 0.703. The molecule has 2 N–H and O–H groups in total. The largest absolute Gasteiger partial charge is 0.314 e. The van der Waals surface area contributed by atoms with Gasteiger partial charge in [0.2, 0.25) is 0 Å². The second-order valence-corrected chi connectivity index (χ2v) is 4.82. The highest BCUT2D eigenvalue weighted by Gasteiger charge is 2.17. The first-order valence-electron chi connectivity index (χ1n) is 5.96. The van der Waals surface area contributed by atoms with Gasteiger partial charge in [-0.05, 0) is 32.4 Å². The Balaban J connectivity index is 2.27. The first kappa shape index (κ1) is 13.7. The number of benzene rings is 1. The fourth-order valence-corrected chi connectivity index (χ4v) is 1.56. The maximum atomic E-state index is 8.82. The van der Waals surface area contributed by atoms with E-state index >= 15 is 0 Å². The molecule has 0 amide bonds. The summed E-state index contributed by atoms with van der Waals surface area (Å²) in [6.45, 7) is 3.62. The normalized spacial score (nSPS) is 14.3. The number of rotatable bonds is 6. The Labute approximate surface area is 104 Å². The van der Waals surface area contributed by atoms with Crippen LogP contribution in [0.3, 0.4) is 0 Å². The molecule has 0 heterocycles. The highest BCUT2D eigenvalue weighted by atomic mass is 15.1. The monoisotopic (exact) mass is 231 g/mol. The van der Waals surface area contributed by atoms with Gasteiger partial charge in [0.15, 0.2) is 0 Å². The Hall–Kier alpha value is -1.37. The van der Waals surface area contributed by atoms with Crippen LogP contribution in [0, 0.1) is 11.3 Å². The minimum Gasteiger partial charge on any atom is -0.314 e. The molecular weight excluding hydrogens is 210 g/mol. The average molecular weight is 231 g/mol. The van der Waals surface area contributed by atoms with Crippen LogP contribution >= 0.6 is 0 Å². The van der Waals surface area contributed by atoms with Crippen LogP contribution in [0.5, 0.6) is 0 Å². The molecule has 1 aromatic carbocycles. The zero-order valence-electron chi connectivity index (χ0n) is 10.7. The molecule has 3 nitrogen and oxygen atoms in total. The van der Waals surface area contributed by atoms with E-state index in [9.17, 15) is 0 Å². The Morgan fingerprint density at radius 3 is 2.53 bits per heavy atom. The van der Waals surface area contributed by atoms with Crippen LogP contribution in [-0.2, 0) is 6.42 Å². The number of likely N-dealkylation sites (N-methyl/N-ethyl adjacent to an activating group) is 1. The SMILES string of the molecule is CN(CCc1ccccc1)CCC(C)(N)C#N. The molecule has 0 aromatic heterocycles. The van der Waals surface area contributed by atoms with Crippen LogP contribution in [0.2, 0.25) is 0 Å². The third-order valence-corrected chi connectivity index (χ3v) is 2.89. The van der Waals surface area contributed by atoms with Crippen LogP contribution in [-0.4, -0.2) is 30.6 Å². The van der Waals surface area contributed by atoms with E-state index in [2.05, 4.69) is 42.3 Å². The minimum atomic E-state index is -0.707. The Kier molecular flexibility index (Phi) is 5.14. The van der Waals surface area contributed by atoms with Gasteiger partial charge in [-0.25, -0.2) is 0 Å². The Morgan fingerprint density at radius 2 is 1.94 bits per heavy atom. The van der Waals surface area contributed by atoms with Crippen molar-refractivity contribution in [3.8, 4) is 6.07 Å². The van der Waals surface area contributed by atoms with Gasteiger partial charge in [-0.15, -0.1) is 0 Å². The third kappa shape index (κ3) is 5.48. The van der Waals surface area contributed by atoms with Crippen molar-refractivity contribution in [1.29, 1.82) is 5.26 Å². The highest BCUT2D eigenvalue weighted by Crippen LogP contribution is 2.06. The molecule has 0 aliphatic carbocycles. The van der Waals surface area contributed by atoms with E-state index in [1.54, 1.807) is 6.92 Å². The molecule has 0 aliphatic heterocycles. The predicted octanol–water partition coefficient (Wildman–Crippen LogP) is 1.79. The van der Waals surface area contributed by atoms with E-state index in [1.165, 1.54) is 5.56 Å². The molecule has 0 aliphatic rings. The van der Waals surface area contributed by atoms with E-state index in [-0.39, 0.29) is 0 Å². The lowest BCUT2D eigenvalue weighted by Gasteiger charge is -2.21. The van der Waals surface area contributed by atoms with E-state index in [0.717, 1.165) is 19.5 Å². The summed E-state index contributed by atoms with van der Waals surface area (Å²) in [5.41, 5.74) is 6.42. The molecule has 1 atom stereocenters. The zero-order valence-corrected chi connectivity index (χ0v) is 10.7. The summed E-state index contributed by atoms with van der Waals surface area (Å²) in [5.74, 6) is 0. The molecule has 1 unspecified atom stereocenters. The molecule has 0 saturated carbocycles. The second kappa shape index (κ2) is 6.39. The Morgan fingerprint density at radius 1 is 1.29 bits per heavy atom. The summed E-state index contributed by atoms with van der Waals surface area (Å²) in [6.07, 6.45) is 1.74. The average Bonchev–Trinajstić information content (AvgIpc) is 2.35. The summed E-state index contributed by atoms with van der Waals surface area (Å²) in [5, 5.41) is 8.82. The highest BCUT2D eigenvalue weighted by molar-refractivity contribution is 5.14. The van der Waals surface area contributed by atoms with Gasteiger partial charge in [0, 0.05) is 13.1 Å². The fourth-order valence-electron chi connectivity index (χ4n) is 1.56. The van der Waals surface area contributed by atoms with Crippen molar-refractivity contribution in [2.24, 2.45) is 5.73 Å². The summed E-state index contributed by atoms with van der Waals surface area (Å²) >= 11 is 0. The van der Waals surface area contributed by atoms with Crippen LogP contribution in [0.4, 0.5) is 0 Å². The van der Waals surface area contributed by atoms with Crippen LogP contribution in [0.25, 0.3) is 0 Å². The summed E-state index contributed by atoms with van der Waals surface area (Å²) in [7, 11) is 2.07. The van der Waals surface area contributed by atoms with Gasteiger partial charge < -0.3 is 10.6 Å². The summed E-state index contributed by atoms with van der Waals surface area (Å²) in [4.78, 5) is 2.22. The van der Waals surface area contributed by atoms with E-state index < -0.39 is 5.54 Å². The fraction of sp³-hybridized carbons (Fsp3) is 0.500.